The number of carbonyl (C=O) groups is 3. The summed E-state index contributed by atoms with van der Waals surface area (Å²) in [4.78, 5) is 35.1. The number of nitrogens with zero attached hydrogens (tertiary/aromatic N) is 4. The molecule has 1 aliphatic heterocycles. The first-order chi connectivity index (χ1) is 9.20. The fourth-order valence-corrected chi connectivity index (χ4v) is 1.96. The van der Waals surface area contributed by atoms with Crippen LogP contribution >= 0.6 is 0 Å². The fourth-order valence-electron chi connectivity index (χ4n) is 1.96. The number of fused-ring (bicyclic) bond motifs is 1. The van der Waals surface area contributed by atoms with Gasteiger partial charge in [0.25, 0.3) is 0 Å². The van der Waals surface area contributed by atoms with Gasteiger partial charge in [0.05, 0.1) is 5.56 Å². The van der Waals surface area contributed by atoms with Gasteiger partial charge in [-0.05, 0) is 12.1 Å². The van der Waals surface area contributed by atoms with Crippen LogP contribution in [0.15, 0.2) is 18.3 Å². The maximum atomic E-state index is 11.7. The predicted octanol–water partition coefficient (Wildman–Crippen LogP) is -0.0119. The molecule has 0 saturated carbocycles. The molecule has 2 aromatic rings. The second-order valence-electron chi connectivity index (χ2n) is 4.03. The molecule has 1 saturated heterocycles. The van der Waals surface area contributed by atoms with Gasteiger partial charge in [-0.2, -0.15) is 0 Å². The van der Waals surface area contributed by atoms with E-state index in [-0.39, 0.29) is 24.8 Å². The highest BCUT2D eigenvalue weighted by molar-refractivity contribution is 6.05. The van der Waals surface area contributed by atoms with Crippen molar-refractivity contribution in [3.05, 3.63) is 23.9 Å². The Hall–Kier alpha value is -2.77. The molecular weight excluding hydrogens is 250 g/mol. The van der Waals surface area contributed by atoms with Crippen molar-refractivity contribution in [1.82, 2.24) is 19.9 Å². The van der Waals surface area contributed by atoms with Crippen LogP contribution in [0, 0.1) is 0 Å². The molecular formula is C11H9N5O3. The second kappa shape index (κ2) is 4.16. The van der Waals surface area contributed by atoms with E-state index in [0.717, 1.165) is 0 Å². The second-order valence-corrected chi connectivity index (χ2v) is 4.03. The van der Waals surface area contributed by atoms with Gasteiger partial charge in [-0.3, -0.25) is 24.2 Å². The third-order valence-electron chi connectivity index (χ3n) is 2.87. The zero-order chi connectivity index (χ0) is 13.4. The van der Waals surface area contributed by atoms with Gasteiger partial charge in [0.1, 0.15) is 0 Å². The molecule has 0 bridgehead atoms. The van der Waals surface area contributed by atoms with Crippen LogP contribution in [-0.2, 0) is 4.79 Å². The number of nitrogens with one attached hydrogen (secondary N) is 1. The summed E-state index contributed by atoms with van der Waals surface area (Å²) in [6.45, 7) is 0.233. The van der Waals surface area contributed by atoms with E-state index in [0.29, 0.717) is 17.5 Å². The van der Waals surface area contributed by atoms with E-state index in [1.165, 1.54) is 4.90 Å². The monoisotopic (exact) mass is 259 g/mol. The Morgan fingerprint density at radius 1 is 1.32 bits per heavy atom. The number of aldehydes is 1. The van der Waals surface area contributed by atoms with Crippen LogP contribution < -0.4 is 10.2 Å². The number of aromatic nitrogens is 3. The van der Waals surface area contributed by atoms with Crippen LogP contribution in [0.3, 0.4) is 0 Å². The van der Waals surface area contributed by atoms with E-state index in [1.54, 1.807) is 22.7 Å². The summed E-state index contributed by atoms with van der Waals surface area (Å²) >= 11 is 0. The minimum atomic E-state index is -0.540. The zero-order valence-electron chi connectivity index (χ0n) is 9.74. The van der Waals surface area contributed by atoms with Crippen LogP contribution in [0.2, 0.25) is 0 Å². The average Bonchev–Trinajstić information content (AvgIpc) is 2.82. The smallest absolute Gasteiger partial charge is 0.298 e. The van der Waals surface area contributed by atoms with Crippen molar-refractivity contribution in [3.8, 4) is 0 Å². The first-order valence-electron chi connectivity index (χ1n) is 5.61. The predicted molar refractivity (Wildman–Crippen MR) is 63.9 cm³/mol. The lowest BCUT2D eigenvalue weighted by Crippen LogP contribution is -2.50. The number of hydrogen-bond acceptors (Lipinski definition) is 5. The SMILES string of the molecule is O=Cc1cccn2c(N3CCC(=O)NC3=O)nnc12. The lowest BCUT2D eigenvalue weighted by atomic mass is 10.3. The molecule has 8 heteroatoms. The standard InChI is InChI=1S/C11H9N5O3/c17-6-7-2-1-4-15-9(7)13-14-10(15)16-5-3-8(18)12-11(16)19/h1-2,4,6H,3,5H2,(H,12,18,19). The van der Waals surface area contributed by atoms with E-state index in [9.17, 15) is 14.4 Å². The number of pyridine rings is 1. The lowest BCUT2D eigenvalue weighted by Gasteiger charge is -2.24. The van der Waals surface area contributed by atoms with E-state index in [4.69, 9.17) is 0 Å². The molecule has 3 rings (SSSR count). The lowest BCUT2D eigenvalue weighted by molar-refractivity contribution is -0.120. The number of amides is 3. The molecule has 1 N–H and O–H groups in total. The molecule has 0 atom stereocenters. The van der Waals surface area contributed by atoms with Gasteiger partial charge in [0.2, 0.25) is 11.9 Å². The molecule has 1 aliphatic rings. The molecule has 19 heavy (non-hydrogen) atoms. The molecule has 8 nitrogen and oxygen atoms in total. The summed E-state index contributed by atoms with van der Waals surface area (Å²) in [5, 5.41) is 10.0. The largest absolute Gasteiger partial charge is 0.330 e. The van der Waals surface area contributed by atoms with Crippen LogP contribution in [-0.4, -0.2) is 39.4 Å². The van der Waals surface area contributed by atoms with Gasteiger partial charge in [0, 0.05) is 19.2 Å². The maximum Gasteiger partial charge on any atom is 0.330 e. The van der Waals surface area contributed by atoms with Gasteiger partial charge >= 0.3 is 6.03 Å². The minimum Gasteiger partial charge on any atom is -0.298 e. The number of hydrogen-bond donors (Lipinski definition) is 1. The molecule has 96 valence electrons. The highest BCUT2D eigenvalue weighted by Gasteiger charge is 2.27. The highest BCUT2D eigenvalue weighted by Crippen LogP contribution is 2.17. The number of imide groups is 1. The Morgan fingerprint density at radius 3 is 2.89 bits per heavy atom. The zero-order valence-corrected chi connectivity index (χ0v) is 9.74. The maximum absolute atomic E-state index is 11.7. The first-order valence-corrected chi connectivity index (χ1v) is 5.61. The van der Waals surface area contributed by atoms with E-state index in [2.05, 4.69) is 15.5 Å². The summed E-state index contributed by atoms with van der Waals surface area (Å²) < 4.78 is 1.54. The number of carbonyl (C=O) groups excluding carboxylic acids is 3. The number of urea groups is 1. The Morgan fingerprint density at radius 2 is 2.16 bits per heavy atom. The van der Waals surface area contributed by atoms with Crippen molar-refractivity contribution in [2.45, 2.75) is 6.42 Å². The van der Waals surface area contributed by atoms with E-state index >= 15 is 0 Å². The highest BCUT2D eigenvalue weighted by atomic mass is 16.2. The molecule has 0 aliphatic carbocycles. The number of rotatable bonds is 2. The summed E-state index contributed by atoms with van der Waals surface area (Å²) in [6.07, 6.45) is 2.53. The van der Waals surface area contributed by atoms with Crippen molar-refractivity contribution >= 4 is 29.8 Å². The van der Waals surface area contributed by atoms with Crippen LogP contribution in [0.25, 0.3) is 5.65 Å². The van der Waals surface area contributed by atoms with Gasteiger partial charge in [-0.1, -0.05) is 0 Å². The topological polar surface area (TPSA) is 96.7 Å². The third-order valence-corrected chi connectivity index (χ3v) is 2.87. The van der Waals surface area contributed by atoms with Crippen molar-refractivity contribution in [3.63, 3.8) is 0 Å². The first kappa shape index (κ1) is 11.3. The molecule has 1 fully saturated rings. The minimum absolute atomic E-state index is 0.202. The fraction of sp³-hybridized carbons (Fsp3) is 0.182. The molecule has 0 radical (unpaired) electrons. The van der Waals surface area contributed by atoms with Crippen LogP contribution in [0.1, 0.15) is 16.8 Å². The molecule has 0 aromatic carbocycles. The quantitative estimate of drug-likeness (QED) is 0.765. The Labute approximate surface area is 107 Å². The molecule has 0 unspecified atom stereocenters. The Kier molecular flexibility index (Phi) is 2.48. The van der Waals surface area contributed by atoms with Crippen LogP contribution in [0.4, 0.5) is 10.7 Å². The molecule has 2 aromatic heterocycles. The van der Waals surface area contributed by atoms with Crippen molar-refractivity contribution in [2.24, 2.45) is 0 Å². The van der Waals surface area contributed by atoms with Crippen molar-refractivity contribution in [1.29, 1.82) is 0 Å². The van der Waals surface area contributed by atoms with Gasteiger partial charge in [-0.25, -0.2) is 4.79 Å². The Bertz CT molecular complexity index is 693. The van der Waals surface area contributed by atoms with Gasteiger partial charge in [0.15, 0.2) is 11.9 Å². The van der Waals surface area contributed by atoms with Crippen LogP contribution in [0.5, 0.6) is 0 Å². The molecule has 3 heterocycles. The third kappa shape index (κ3) is 1.73. The normalized spacial score (nSPS) is 15.7. The summed E-state index contributed by atoms with van der Waals surface area (Å²) in [5.41, 5.74) is 0.756. The average molecular weight is 259 g/mol. The number of anilines is 1. The van der Waals surface area contributed by atoms with Crippen molar-refractivity contribution in [2.75, 3.05) is 11.4 Å². The van der Waals surface area contributed by atoms with Gasteiger partial charge in [-0.15, -0.1) is 10.2 Å². The van der Waals surface area contributed by atoms with Crippen molar-refractivity contribution < 1.29 is 14.4 Å². The molecule has 3 amide bonds. The summed E-state index contributed by atoms with van der Waals surface area (Å²) in [7, 11) is 0. The summed E-state index contributed by atoms with van der Waals surface area (Å²) in [5.74, 6) is -0.0349. The van der Waals surface area contributed by atoms with E-state index in [1.807, 2.05) is 0 Å². The molecule has 0 spiro atoms. The Balaban J connectivity index is 2.09. The van der Waals surface area contributed by atoms with E-state index < -0.39 is 6.03 Å². The van der Waals surface area contributed by atoms with Gasteiger partial charge < -0.3 is 0 Å². The summed E-state index contributed by atoms with van der Waals surface area (Å²) in [6, 6.07) is 2.74.